The number of aliphatic hydroxyl groups is 1. The molecule has 0 aromatic heterocycles. The van der Waals surface area contributed by atoms with Crippen LogP contribution in [0, 0.1) is 0 Å². The fourth-order valence-corrected chi connectivity index (χ4v) is 3.70. The zero-order chi connectivity index (χ0) is 22.6. The number of aliphatic hydroxyl groups excluding tert-OH is 1. The van der Waals surface area contributed by atoms with E-state index in [2.05, 4.69) is 25.1 Å². The molecule has 3 rings (SSSR count). The Morgan fingerprint density at radius 1 is 0.781 bits per heavy atom. The van der Waals surface area contributed by atoms with Crippen LogP contribution < -0.4 is 9.47 Å². The molecule has 0 fully saturated rings. The Balaban J connectivity index is 1.70. The predicted octanol–water partition coefficient (Wildman–Crippen LogP) is 7.73. The van der Waals surface area contributed by atoms with Gasteiger partial charge in [0.2, 0.25) is 0 Å². The van der Waals surface area contributed by atoms with Gasteiger partial charge in [0.15, 0.2) is 0 Å². The number of rotatable bonds is 13. The van der Waals surface area contributed by atoms with Crippen LogP contribution in [0.25, 0.3) is 11.1 Å². The second-order valence-corrected chi connectivity index (χ2v) is 8.35. The number of unbranched alkanes of at least 4 members (excludes halogenated alkanes) is 5. The molecule has 0 aliphatic heterocycles. The average molecular weight is 433 g/mol. The molecule has 1 atom stereocenters. The van der Waals surface area contributed by atoms with Gasteiger partial charge in [-0.1, -0.05) is 93.6 Å². The van der Waals surface area contributed by atoms with E-state index in [0.29, 0.717) is 6.61 Å². The highest BCUT2D eigenvalue weighted by atomic mass is 16.5. The van der Waals surface area contributed by atoms with Crippen LogP contribution in [0.2, 0.25) is 0 Å². The maximum atomic E-state index is 9.81. The molecule has 32 heavy (non-hydrogen) atoms. The Morgan fingerprint density at radius 2 is 1.50 bits per heavy atom. The van der Waals surface area contributed by atoms with E-state index >= 15 is 0 Å². The van der Waals surface area contributed by atoms with Gasteiger partial charge in [-0.15, -0.1) is 0 Å². The van der Waals surface area contributed by atoms with E-state index in [9.17, 15) is 5.11 Å². The minimum atomic E-state index is -0.476. The molecule has 0 saturated carbocycles. The molecule has 0 bridgehead atoms. The lowest BCUT2D eigenvalue weighted by Crippen LogP contribution is -2.00. The van der Waals surface area contributed by atoms with Crippen molar-refractivity contribution in [3.63, 3.8) is 0 Å². The van der Waals surface area contributed by atoms with Gasteiger partial charge in [0, 0.05) is 11.6 Å². The molecule has 0 amide bonds. The van der Waals surface area contributed by atoms with Crippen molar-refractivity contribution in [1.29, 1.82) is 0 Å². The van der Waals surface area contributed by atoms with E-state index in [1.54, 1.807) is 6.92 Å². The van der Waals surface area contributed by atoms with Crippen molar-refractivity contribution in [1.82, 2.24) is 0 Å². The van der Waals surface area contributed by atoms with E-state index in [1.807, 2.05) is 54.6 Å². The van der Waals surface area contributed by atoms with E-state index < -0.39 is 6.10 Å². The molecule has 1 unspecified atom stereocenters. The smallest absolute Gasteiger partial charge is 0.131 e. The SMILES string of the molecule is CCCCCCCCOc1ccc(-c2ccc(C(C)O)cc2)c(OCc2ccccc2)c1. The fraction of sp³-hybridized carbons (Fsp3) is 0.379. The second kappa shape index (κ2) is 12.9. The molecule has 0 saturated heterocycles. The van der Waals surface area contributed by atoms with Gasteiger partial charge in [0.25, 0.3) is 0 Å². The monoisotopic (exact) mass is 432 g/mol. The highest BCUT2D eigenvalue weighted by Gasteiger charge is 2.10. The molecule has 0 spiro atoms. The Kier molecular flexibility index (Phi) is 9.64. The topological polar surface area (TPSA) is 38.7 Å². The summed E-state index contributed by atoms with van der Waals surface area (Å²) in [6.07, 6.45) is 7.01. The van der Waals surface area contributed by atoms with Gasteiger partial charge in [-0.3, -0.25) is 0 Å². The first kappa shape index (κ1) is 23.9. The van der Waals surface area contributed by atoms with Crippen LogP contribution >= 0.6 is 0 Å². The van der Waals surface area contributed by atoms with E-state index in [-0.39, 0.29) is 0 Å². The highest BCUT2D eigenvalue weighted by Crippen LogP contribution is 2.35. The van der Waals surface area contributed by atoms with Crippen molar-refractivity contribution < 1.29 is 14.6 Å². The molecule has 3 aromatic rings. The first-order valence-electron chi connectivity index (χ1n) is 11.9. The van der Waals surface area contributed by atoms with Crippen molar-refractivity contribution in [3.8, 4) is 22.6 Å². The van der Waals surface area contributed by atoms with E-state index in [0.717, 1.165) is 46.8 Å². The molecule has 0 heterocycles. The van der Waals surface area contributed by atoms with Gasteiger partial charge in [0.1, 0.15) is 18.1 Å². The Morgan fingerprint density at radius 3 is 2.22 bits per heavy atom. The molecule has 170 valence electrons. The minimum absolute atomic E-state index is 0.476. The Bertz CT molecular complexity index is 917. The van der Waals surface area contributed by atoms with Crippen LogP contribution in [0.5, 0.6) is 11.5 Å². The molecular formula is C29H36O3. The summed E-state index contributed by atoms with van der Waals surface area (Å²) < 4.78 is 12.3. The standard InChI is InChI=1S/C29H36O3/c1-3-4-5-6-7-11-20-31-27-18-19-28(26-16-14-25(15-17-26)23(2)30)29(21-27)32-22-24-12-9-8-10-13-24/h8-10,12-19,21,23,30H,3-7,11,20,22H2,1-2H3. The number of hydrogen-bond donors (Lipinski definition) is 1. The summed E-state index contributed by atoms with van der Waals surface area (Å²) in [5.74, 6) is 1.64. The number of ether oxygens (including phenoxy) is 2. The van der Waals surface area contributed by atoms with Gasteiger partial charge in [-0.2, -0.15) is 0 Å². The molecule has 0 aliphatic carbocycles. The van der Waals surface area contributed by atoms with E-state index in [4.69, 9.17) is 9.47 Å². The van der Waals surface area contributed by atoms with Gasteiger partial charge >= 0.3 is 0 Å². The summed E-state index contributed by atoms with van der Waals surface area (Å²) in [4.78, 5) is 0. The number of hydrogen-bond acceptors (Lipinski definition) is 3. The molecule has 3 aromatic carbocycles. The normalized spacial score (nSPS) is 11.8. The van der Waals surface area contributed by atoms with Crippen LogP contribution in [0.4, 0.5) is 0 Å². The van der Waals surface area contributed by atoms with Crippen LogP contribution in [0.15, 0.2) is 72.8 Å². The lowest BCUT2D eigenvalue weighted by Gasteiger charge is -2.15. The average Bonchev–Trinajstić information content (AvgIpc) is 2.83. The number of benzene rings is 3. The van der Waals surface area contributed by atoms with Crippen molar-refractivity contribution in [2.45, 2.75) is 65.1 Å². The summed E-state index contributed by atoms with van der Waals surface area (Å²) in [7, 11) is 0. The zero-order valence-corrected chi connectivity index (χ0v) is 19.4. The largest absolute Gasteiger partial charge is 0.493 e. The van der Waals surface area contributed by atoms with Crippen LogP contribution in [-0.2, 0) is 6.61 Å². The van der Waals surface area contributed by atoms with Crippen LogP contribution in [-0.4, -0.2) is 11.7 Å². The van der Waals surface area contributed by atoms with Crippen LogP contribution in [0.3, 0.4) is 0 Å². The Hall–Kier alpha value is -2.78. The fourth-order valence-electron chi connectivity index (χ4n) is 3.70. The molecular weight excluding hydrogens is 396 g/mol. The first-order chi connectivity index (χ1) is 15.7. The van der Waals surface area contributed by atoms with E-state index in [1.165, 1.54) is 32.1 Å². The second-order valence-electron chi connectivity index (χ2n) is 8.35. The van der Waals surface area contributed by atoms with Gasteiger partial charge in [-0.05, 0) is 42.2 Å². The first-order valence-corrected chi connectivity index (χ1v) is 11.9. The summed E-state index contributed by atoms with van der Waals surface area (Å²) in [5, 5.41) is 9.81. The lowest BCUT2D eigenvalue weighted by atomic mass is 10.0. The minimum Gasteiger partial charge on any atom is -0.493 e. The molecule has 3 nitrogen and oxygen atoms in total. The van der Waals surface area contributed by atoms with Gasteiger partial charge in [0.05, 0.1) is 12.7 Å². The zero-order valence-electron chi connectivity index (χ0n) is 19.4. The quantitative estimate of drug-likeness (QED) is 0.281. The third kappa shape index (κ3) is 7.42. The van der Waals surface area contributed by atoms with Gasteiger partial charge in [-0.25, -0.2) is 0 Å². The Labute approximate surface area is 193 Å². The molecule has 3 heteroatoms. The van der Waals surface area contributed by atoms with Crippen molar-refractivity contribution in [3.05, 3.63) is 83.9 Å². The summed E-state index contributed by atoms with van der Waals surface area (Å²) >= 11 is 0. The molecule has 1 N–H and O–H groups in total. The maximum Gasteiger partial charge on any atom is 0.131 e. The van der Waals surface area contributed by atoms with Crippen LogP contribution in [0.1, 0.15) is 69.6 Å². The third-order valence-corrected chi connectivity index (χ3v) is 5.66. The highest BCUT2D eigenvalue weighted by molar-refractivity contribution is 5.71. The molecule has 0 radical (unpaired) electrons. The summed E-state index contributed by atoms with van der Waals surface area (Å²) in [5.41, 5.74) is 4.10. The van der Waals surface area contributed by atoms with Gasteiger partial charge < -0.3 is 14.6 Å². The lowest BCUT2D eigenvalue weighted by molar-refractivity contribution is 0.199. The van der Waals surface area contributed by atoms with Crippen molar-refractivity contribution in [2.24, 2.45) is 0 Å². The molecule has 0 aliphatic rings. The maximum absolute atomic E-state index is 9.81. The van der Waals surface area contributed by atoms with Crippen molar-refractivity contribution in [2.75, 3.05) is 6.61 Å². The predicted molar refractivity (Wildman–Crippen MR) is 132 cm³/mol. The summed E-state index contributed by atoms with van der Waals surface area (Å²) in [6, 6.07) is 24.3. The van der Waals surface area contributed by atoms with Crippen molar-refractivity contribution >= 4 is 0 Å². The summed E-state index contributed by atoms with van der Waals surface area (Å²) in [6.45, 7) is 5.25. The third-order valence-electron chi connectivity index (χ3n) is 5.66.